The van der Waals surface area contributed by atoms with Gasteiger partial charge in [-0.15, -0.1) is 11.3 Å². The Bertz CT molecular complexity index is 748. The van der Waals surface area contributed by atoms with Gasteiger partial charge in [-0.2, -0.15) is 0 Å². The lowest BCUT2D eigenvalue weighted by Gasteiger charge is -2.13. The van der Waals surface area contributed by atoms with Crippen LogP contribution in [0.4, 0.5) is 5.82 Å². The fourth-order valence-corrected chi connectivity index (χ4v) is 4.08. The van der Waals surface area contributed by atoms with Crippen LogP contribution in [0.1, 0.15) is 35.6 Å². The molecule has 1 aliphatic rings. The van der Waals surface area contributed by atoms with Gasteiger partial charge in [0.25, 0.3) is 0 Å². The van der Waals surface area contributed by atoms with Gasteiger partial charge in [0.2, 0.25) is 0 Å². The molecule has 3 aromatic heterocycles. The van der Waals surface area contributed by atoms with Gasteiger partial charge in [-0.05, 0) is 43.9 Å². The topological polar surface area (TPSA) is 51.0 Å². The molecule has 1 atom stereocenters. The zero-order valence-corrected chi connectivity index (χ0v) is 12.0. The van der Waals surface area contributed by atoms with Crippen LogP contribution in [0.2, 0.25) is 0 Å². The monoisotopic (exact) mass is 285 g/mol. The number of hydrogen-bond acceptors (Lipinski definition) is 5. The van der Waals surface area contributed by atoms with Crippen molar-refractivity contribution in [1.82, 2.24) is 9.97 Å². The molecule has 0 aliphatic heterocycles. The summed E-state index contributed by atoms with van der Waals surface area (Å²) in [4.78, 5) is 11.4. The van der Waals surface area contributed by atoms with Gasteiger partial charge >= 0.3 is 0 Å². The third-order valence-corrected chi connectivity index (χ3v) is 5.02. The van der Waals surface area contributed by atoms with E-state index in [0.29, 0.717) is 0 Å². The number of hydrogen-bond donors (Lipinski definition) is 1. The highest BCUT2D eigenvalue weighted by Gasteiger charge is 2.22. The maximum absolute atomic E-state index is 5.45. The van der Waals surface area contributed by atoms with E-state index in [1.54, 1.807) is 12.6 Å². The van der Waals surface area contributed by atoms with E-state index < -0.39 is 0 Å². The number of furan rings is 1. The van der Waals surface area contributed by atoms with Crippen molar-refractivity contribution in [2.75, 3.05) is 5.32 Å². The third-order valence-electron chi connectivity index (χ3n) is 3.82. The minimum atomic E-state index is 0.0973. The number of aryl methyl sites for hydroxylation is 2. The molecule has 0 amide bonds. The Hall–Kier alpha value is -1.88. The molecule has 5 heteroatoms. The second-order valence-corrected chi connectivity index (χ2v) is 6.22. The van der Waals surface area contributed by atoms with Crippen molar-refractivity contribution >= 4 is 27.4 Å². The van der Waals surface area contributed by atoms with Gasteiger partial charge in [-0.1, -0.05) is 0 Å². The molecule has 3 aromatic rings. The minimum absolute atomic E-state index is 0.0973. The summed E-state index contributed by atoms with van der Waals surface area (Å²) >= 11 is 1.81. The molecule has 3 heterocycles. The van der Waals surface area contributed by atoms with E-state index in [0.717, 1.165) is 22.8 Å². The summed E-state index contributed by atoms with van der Waals surface area (Å²) in [5.41, 5.74) is 1.44. The smallest absolute Gasteiger partial charge is 0.139 e. The summed E-state index contributed by atoms with van der Waals surface area (Å²) in [6.45, 7) is 2.08. The molecule has 0 fully saturated rings. The first-order chi connectivity index (χ1) is 9.83. The maximum Gasteiger partial charge on any atom is 0.139 e. The maximum atomic E-state index is 5.45. The number of aromatic nitrogens is 2. The molecule has 4 nitrogen and oxygen atoms in total. The van der Waals surface area contributed by atoms with Crippen LogP contribution >= 0.6 is 11.3 Å². The van der Waals surface area contributed by atoms with Crippen molar-refractivity contribution in [3.05, 3.63) is 40.9 Å². The normalized spacial score (nSPS) is 15.4. The molecule has 102 valence electrons. The first kappa shape index (κ1) is 11.9. The van der Waals surface area contributed by atoms with Crippen LogP contribution in [-0.4, -0.2) is 9.97 Å². The number of anilines is 1. The molecule has 0 spiro atoms. The van der Waals surface area contributed by atoms with Crippen molar-refractivity contribution in [1.29, 1.82) is 0 Å². The number of nitrogens with zero attached hydrogens (tertiary/aromatic N) is 2. The van der Waals surface area contributed by atoms with E-state index >= 15 is 0 Å². The van der Waals surface area contributed by atoms with Crippen molar-refractivity contribution < 1.29 is 4.42 Å². The summed E-state index contributed by atoms with van der Waals surface area (Å²) in [5, 5.41) is 4.68. The van der Waals surface area contributed by atoms with Crippen LogP contribution in [-0.2, 0) is 12.8 Å². The van der Waals surface area contributed by atoms with Crippen LogP contribution in [0.3, 0.4) is 0 Å². The molecule has 0 aromatic carbocycles. The number of fused-ring (bicyclic) bond motifs is 3. The van der Waals surface area contributed by atoms with Gasteiger partial charge in [0.05, 0.1) is 17.7 Å². The van der Waals surface area contributed by atoms with Gasteiger partial charge in [-0.25, -0.2) is 9.97 Å². The fourth-order valence-electron chi connectivity index (χ4n) is 2.85. The van der Waals surface area contributed by atoms with E-state index in [1.807, 2.05) is 23.5 Å². The van der Waals surface area contributed by atoms with E-state index in [4.69, 9.17) is 4.42 Å². The highest BCUT2D eigenvalue weighted by atomic mass is 32.1. The summed E-state index contributed by atoms with van der Waals surface area (Å²) in [6, 6.07) is 3.99. The van der Waals surface area contributed by atoms with Gasteiger partial charge in [0, 0.05) is 4.88 Å². The lowest BCUT2D eigenvalue weighted by molar-refractivity contribution is 0.490. The van der Waals surface area contributed by atoms with E-state index in [2.05, 4.69) is 22.2 Å². The largest absolute Gasteiger partial charge is 0.467 e. The number of nitrogens with one attached hydrogen (secondary N) is 1. The predicted octanol–water partition coefficient (Wildman–Crippen LogP) is 3.95. The Balaban J connectivity index is 1.76. The molecule has 0 bridgehead atoms. The zero-order valence-electron chi connectivity index (χ0n) is 11.2. The van der Waals surface area contributed by atoms with Crippen LogP contribution in [0, 0.1) is 0 Å². The Morgan fingerprint density at radius 3 is 3.15 bits per heavy atom. The van der Waals surface area contributed by atoms with E-state index in [9.17, 15) is 0 Å². The van der Waals surface area contributed by atoms with Gasteiger partial charge < -0.3 is 9.73 Å². The van der Waals surface area contributed by atoms with Crippen molar-refractivity contribution in [2.24, 2.45) is 0 Å². The van der Waals surface area contributed by atoms with Crippen molar-refractivity contribution in [2.45, 2.75) is 32.2 Å². The fraction of sp³-hybridized carbons (Fsp3) is 0.333. The van der Waals surface area contributed by atoms with E-state index in [-0.39, 0.29) is 6.04 Å². The molecular weight excluding hydrogens is 270 g/mol. The molecule has 4 rings (SSSR count). The second-order valence-electron chi connectivity index (χ2n) is 5.14. The summed E-state index contributed by atoms with van der Waals surface area (Å²) in [6.07, 6.45) is 6.92. The van der Waals surface area contributed by atoms with Gasteiger partial charge in [0.1, 0.15) is 22.7 Å². The van der Waals surface area contributed by atoms with Crippen LogP contribution < -0.4 is 5.32 Å². The lowest BCUT2D eigenvalue weighted by Crippen LogP contribution is -2.07. The zero-order chi connectivity index (χ0) is 13.5. The van der Waals surface area contributed by atoms with Gasteiger partial charge in [0.15, 0.2) is 0 Å². The highest BCUT2D eigenvalue weighted by molar-refractivity contribution is 7.19. The van der Waals surface area contributed by atoms with Crippen molar-refractivity contribution in [3.63, 3.8) is 0 Å². The molecule has 1 N–H and O–H groups in total. The van der Waals surface area contributed by atoms with Crippen LogP contribution in [0.15, 0.2) is 29.1 Å². The quantitative estimate of drug-likeness (QED) is 0.791. The highest BCUT2D eigenvalue weighted by Crippen LogP contribution is 2.39. The third kappa shape index (κ3) is 1.81. The molecular formula is C15H15N3OS. The standard InChI is InChI=1S/C15H15N3OS/c1-9(11-5-3-7-19-11)18-14-13-10-4-2-6-12(10)20-15(13)17-8-16-14/h3,5,7-9H,2,4,6H2,1H3,(H,16,17,18)/t9-/m0/s1. The first-order valence-electron chi connectivity index (χ1n) is 6.88. The Labute approximate surface area is 120 Å². The lowest BCUT2D eigenvalue weighted by atomic mass is 10.1. The Morgan fingerprint density at radius 1 is 1.35 bits per heavy atom. The molecule has 0 saturated carbocycles. The van der Waals surface area contributed by atoms with Crippen LogP contribution in [0.5, 0.6) is 0 Å². The summed E-state index contributed by atoms with van der Waals surface area (Å²) in [7, 11) is 0. The average Bonchev–Trinajstić information content (AvgIpc) is 3.15. The van der Waals surface area contributed by atoms with Crippen LogP contribution in [0.25, 0.3) is 10.2 Å². The van der Waals surface area contributed by atoms with E-state index in [1.165, 1.54) is 28.7 Å². The Morgan fingerprint density at radius 2 is 2.30 bits per heavy atom. The predicted molar refractivity (Wildman–Crippen MR) is 80.2 cm³/mol. The van der Waals surface area contributed by atoms with Crippen molar-refractivity contribution in [3.8, 4) is 0 Å². The average molecular weight is 285 g/mol. The number of thiophene rings is 1. The molecule has 0 radical (unpaired) electrons. The number of rotatable bonds is 3. The molecule has 1 aliphatic carbocycles. The second kappa shape index (κ2) is 4.59. The summed E-state index contributed by atoms with van der Waals surface area (Å²) < 4.78 is 5.45. The first-order valence-corrected chi connectivity index (χ1v) is 7.70. The molecule has 0 unspecified atom stereocenters. The Kier molecular flexibility index (Phi) is 2.73. The molecule has 0 saturated heterocycles. The summed E-state index contributed by atoms with van der Waals surface area (Å²) in [5.74, 6) is 1.85. The SMILES string of the molecule is C[C@H](Nc1ncnc2sc3c(c12)CCC3)c1ccco1. The van der Waals surface area contributed by atoms with Gasteiger partial charge in [-0.3, -0.25) is 0 Å². The minimum Gasteiger partial charge on any atom is -0.467 e. The molecule has 20 heavy (non-hydrogen) atoms.